The topological polar surface area (TPSA) is 64.0 Å². The highest BCUT2D eigenvalue weighted by Crippen LogP contribution is 2.30. The van der Waals surface area contributed by atoms with Crippen molar-refractivity contribution in [2.24, 2.45) is 0 Å². The van der Waals surface area contributed by atoms with Crippen LogP contribution < -0.4 is 4.72 Å². The number of benzene rings is 1. The summed E-state index contributed by atoms with van der Waals surface area (Å²) >= 11 is 0. The second kappa shape index (κ2) is 5.88. The van der Waals surface area contributed by atoms with E-state index in [1.807, 2.05) is 0 Å². The summed E-state index contributed by atoms with van der Waals surface area (Å²) < 4.78 is 64.8. The Kier molecular flexibility index (Phi) is 4.43. The van der Waals surface area contributed by atoms with E-state index in [4.69, 9.17) is 0 Å². The van der Waals surface area contributed by atoms with E-state index in [2.05, 4.69) is 9.82 Å². The Labute approximate surface area is 132 Å². The van der Waals surface area contributed by atoms with E-state index in [1.54, 1.807) is 19.9 Å². The second-order valence-electron chi connectivity index (χ2n) is 5.28. The Morgan fingerprint density at radius 1 is 1.26 bits per heavy atom. The lowest BCUT2D eigenvalue weighted by molar-refractivity contribution is -0.137. The lowest BCUT2D eigenvalue weighted by Gasteiger charge is -2.10. The van der Waals surface area contributed by atoms with Gasteiger partial charge in [0.05, 0.1) is 35.4 Å². The minimum Gasteiger partial charge on any atom is -0.280 e. The third-order valence-corrected chi connectivity index (χ3v) is 3.83. The molecule has 5 nitrogen and oxygen atoms in total. The van der Waals surface area contributed by atoms with E-state index in [1.165, 1.54) is 10.7 Å². The number of aromatic nitrogens is 2. The van der Waals surface area contributed by atoms with Crippen molar-refractivity contribution >= 4 is 15.7 Å². The first-order chi connectivity index (χ1) is 10.5. The maximum absolute atomic E-state index is 12.7. The van der Waals surface area contributed by atoms with Crippen LogP contribution >= 0.6 is 0 Å². The number of alkyl halides is 3. The van der Waals surface area contributed by atoms with Gasteiger partial charge in [-0.15, -0.1) is 0 Å². The smallest absolute Gasteiger partial charge is 0.280 e. The van der Waals surface area contributed by atoms with E-state index < -0.39 is 21.8 Å². The Balaban J connectivity index is 2.33. The predicted octanol–water partition coefficient (Wildman–Crippen LogP) is 2.94. The van der Waals surface area contributed by atoms with Crippen molar-refractivity contribution in [3.8, 4) is 0 Å². The summed E-state index contributed by atoms with van der Waals surface area (Å²) in [5.41, 5.74) is 1.03. The maximum atomic E-state index is 12.7. The highest BCUT2D eigenvalue weighted by molar-refractivity contribution is 7.92. The Morgan fingerprint density at radius 2 is 1.91 bits per heavy atom. The number of hydrogen-bond donors (Lipinski definition) is 1. The van der Waals surface area contributed by atoms with Gasteiger partial charge < -0.3 is 0 Å². The van der Waals surface area contributed by atoms with Crippen LogP contribution in [0.3, 0.4) is 0 Å². The summed E-state index contributed by atoms with van der Waals surface area (Å²) in [6.45, 7) is 3.40. The van der Waals surface area contributed by atoms with Gasteiger partial charge in [-0.25, -0.2) is 8.42 Å². The van der Waals surface area contributed by atoms with Gasteiger partial charge >= 0.3 is 6.18 Å². The SMILES string of the molecule is Cc1nn(Cc2cccc(C(F)(F)F)c2)c(C)c1NS(C)(=O)=O. The van der Waals surface area contributed by atoms with Crippen LogP contribution in [0.2, 0.25) is 0 Å². The van der Waals surface area contributed by atoms with Crippen molar-refractivity contribution in [2.75, 3.05) is 11.0 Å². The summed E-state index contributed by atoms with van der Waals surface area (Å²) in [7, 11) is -3.46. The fraction of sp³-hybridized carbons (Fsp3) is 0.357. The number of sulfonamides is 1. The standard InChI is InChI=1S/C14H16F3N3O2S/c1-9-13(19-23(3,21)22)10(2)20(18-9)8-11-5-4-6-12(7-11)14(15,16)17/h4-7,19H,8H2,1-3H3. The van der Waals surface area contributed by atoms with Crippen LogP contribution in [0.25, 0.3) is 0 Å². The molecule has 0 aliphatic carbocycles. The summed E-state index contributed by atoms with van der Waals surface area (Å²) in [6, 6.07) is 4.95. The first kappa shape index (κ1) is 17.3. The van der Waals surface area contributed by atoms with Crippen molar-refractivity contribution in [1.29, 1.82) is 0 Å². The molecule has 2 rings (SSSR count). The highest BCUT2D eigenvalue weighted by atomic mass is 32.2. The zero-order chi connectivity index (χ0) is 17.4. The van der Waals surface area contributed by atoms with Crippen LogP contribution in [0, 0.1) is 13.8 Å². The number of halogens is 3. The number of nitrogens with one attached hydrogen (secondary N) is 1. The van der Waals surface area contributed by atoms with Crippen molar-refractivity contribution in [3.05, 3.63) is 46.8 Å². The van der Waals surface area contributed by atoms with Crippen molar-refractivity contribution < 1.29 is 21.6 Å². The molecule has 0 radical (unpaired) electrons. The monoisotopic (exact) mass is 347 g/mol. The molecule has 2 aromatic rings. The lowest BCUT2D eigenvalue weighted by Crippen LogP contribution is -2.11. The minimum atomic E-state index is -4.41. The molecule has 1 aromatic carbocycles. The van der Waals surface area contributed by atoms with Gasteiger partial charge in [0, 0.05) is 0 Å². The van der Waals surface area contributed by atoms with Gasteiger partial charge in [0.2, 0.25) is 10.0 Å². The van der Waals surface area contributed by atoms with Crippen molar-refractivity contribution in [1.82, 2.24) is 9.78 Å². The number of aryl methyl sites for hydroxylation is 1. The molecule has 1 heterocycles. The Hall–Kier alpha value is -2.03. The number of hydrogen-bond acceptors (Lipinski definition) is 3. The molecule has 0 amide bonds. The fourth-order valence-electron chi connectivity index (χ4n) is 2.20. The predicted molar refractivity (Wildman–Crippen MR) is 80.7 cm³/mol. The first-order valence-corrected chi connectivity index (χ1v) is 8.54. The molecule has 0 saturated carbocycles. The largest absolute Gasteiger partial charge is 0.416 e. The Bertz CT molecular complexity index is 826. The average molecular weight is 347 g/mol. The number of nitrogens with zero attached hydrogens (tertiary/aromatic N) is 2. The van der Waals surface area contributed by atoms with Gasteiger partial charge in [-0.1, -0.05) is 12.1 Å². The zero-order valence-electron chi connectivity index (χ0n) is 12.8. The van der Waals surface area contributed by atoms with Gasteiger partial charge in [-0.2, -0.15) is 18.3 Å². The molecule has 0 spiro atoms. The van der Waals surface area contributed by atoms with E-state index in [9.17, 15) is 21.6 Å². The summed E-state index contributed by atoms with van der Waals surface area (Å²) in [6.07, 6.45) is -3.38. The molecule has 23 heavy (non-hydrogen) atoms. The van der Waals surface area contributed by atoms with Crippen LogP contribution in [-0.2, 0) is 22.7 Å². The third-order valence-electron chi connectivity index (χ3n) is 3.26. The molecule has 0 saturated heterocycles. The van der Waals surface area contributed by atoms with Crippen LogP contribution in [0.15, 0.2) is 24.3 Å². The lowest BCUT2D eigenvalue weighted by atomic mass is 10.1. The molecule has 0 aliphatic heterocycles. The average Bonchev–Trinajstić information content (AvgIpc) is 2.64. The van der Waals surface area contributed by atoms with Crippen LogP contribution in [-0.4, -0.2) is 24.5 Å². The molecule has 0 atom stereocenters. The molecule has 126 valence electrons. The van der Waals surface area contributed by atoms with Crippen molar-refractivity contribution in [2.45, 2.75) is 26.6 Å². The summed E-state index contributed by atoms with van der Waals surface area (Å²) in [5.74, 6) is 0. The van der Waals surface area contributed by atoms with Gasteiger partial charge in [-0.3, -0.25) is 9.40 Å². The molecule has 1 N–H and O–H groups in total. The van der Waals surface area contributed by atoms with Crippen LogP contribution in [0.4, 0.5) is 18.9 Å². The van der Waals surface area contributed by atoms with Gasteiger partial charge in [0.1, 0.15) is 0 Å². The Morgan fingerprint density at radius 3 is 2.48 bits per heavy atom. The van der Waals surface area contributed by atoms with Gasteiger partial charge in [0.15, 0.2) is 0 Å². The maximum Gasteiger partial charge on any atom is 0.416 e. The normalized spacial score (nSPS) is 12.4. The number of anilines is 1. The minimum absolute atomic E-state index is 0.113. The second-order valence-corrected chi connectivity index (χ2v) is 7.02. The van der Waals surface area contributed by atoms with E-state index in [0.29, 0.717) is 22.6 Å². The van der Waals surface area contributed by atoms with Crippen molar-refractivity contribution in [3.63, 3.8) is 0 Å². The molecule has 0 aliphatic rings. The van der Waals surface area contributed by atoms with Crippen LogP contribution in [0.1, 0.15) is 22.5 Å². The van der Waals surface area contributed by atoms with Crippen LogP contribution in [0.5, 0.6) is 0 Å². The fourth-order valence-corrected chi connectivity index (χ4v) is 2.87. The molecule has 1 aromatic heterocycles. The van der Waals surface area contributed by atoms with Gasteiger partial charge in [0.25, 0.3) is 0 Å². The molecule has 0 bridgehead atoms. The molecule has 0 unspecified atom stereocenters. The highest BCUT2D eigenvalue weighted by Gasteiger charge is 2.30. The molecular formula is C14H16F3N3O2S. The quantitative estimate of drug-likeness (QED) is 0.925. The zero-order valence-corrected chi connectivity index (χ0v) is 13.6. The summed E-state index contributed by atoms with van der Waals surface area (Å²) in [4.78, 5) is 0. The first-order valence-electron chi connectivity index (χ1n) is 6.65. The van der Waals surface area contributed by atoms with Gasteiger partial charge in [-0.05, 0) is 31.5 Å². The third kappa shape index (κ3) is 4.25. The molecule has 0 fully saturated rings. The van der Waals surface area contributed by atoms with E-state index in [-0.39, 0.29) is 6.54 Å². The molecule has 9 heteroatoms. The van der Waals surface area contributed by atoms with E-state index in [0.717, 1.165) is 18.4 Å². The number of rotatable bonds is 4. The van der Waals surface area contributed by atoms with E-state index >= 15 is 0 Å². The molecular weight excluding hydrogens is 331 g/mol. The summed E-state index contributed by atoms with van der Waals surface area (Å²) in [5, 5.41) is 4.19.